The minimum atomic E-state index is -0.884. The second kappa shape index (κ2) is 13.8. The molecule has 0 unspecified atom stereocenters. The molecule has 0 aliphatic heterocycles. The average Bonchev–Trinajstić information content (AvgIpc) is 3.02. The zero-order chi connectivity index (χ0) is 30.1. The summed E-state index contributed by atoms with van der Waals surface area (Å²) in [4.78, 5) is 53.4. The van der Waals surface area contributed by atoms with E-state index < -0.39 is 23.4 Å². The van der Waals surface area contributed by atoms with Gasteiger partial charge in [-0.2, -0.15) is 0 Å². The van der Waals surface area contributed by atoms with E-state index in [1.165, 1.54) is 34.9 Å². The summed E-state index contributed by atoms with van der Waals surface area (Å²) < 4.78 is 11.5. The Labute approximate surface area is 243 Å². The van der Waals surface area contributed by atoms with Crippen molar-refractivity contribution in [3.8, 4) is 11.5 Å². The van der Waals surface area contributed by atoms with Crippen LogP contribution in [0.5, 0.6) is 11.5 Å². The van der Waals surface area contributed by atoms with Crippen molar-refractivity contribution in [3.05, 3.63) is 119 Å². The molecule has 0 radical (unpaired) electrons. The third-order valence-corrected chi connectivity index (χ3v) is 6.63. The van der Waals surface area contributed by atoms with E-state index in [1.807, 2.05) is 30.3 Å². The summed E-state index contributed by atoms with van der Waals surface area (Å²) in [7, 11) is 4.73. The summed E-state index contributed by atoms with van der Waals surface area (Å²) in [6.45, 7) is -0.309. The molecule has 1 heterocycles. The van der Waals surface area contributed by atoms with Crippen LogP contribution in [0, 0.1) is 0 Å². The van der Waals surface area contributed by atoms with Gasteiger partial charge in [-0.3, -0.25) is 19.2 Å². The number of aromatic nitrogens is 1. The Morgan fingerprint density at radius 3 is 2.07 bits per heavy atom. The van der Waals surface area contributed by atoms with Gasteiger partial charge < -0.3 is 29.6 Å². The number of methoxy groups -OCH3 is 2. The van der Waals surface area contributed by atoms with E-state index in [0.29, 0.717) is 22.7 Å². The standard InChI is InChI=1S/C32H32N4O6/c1-35(25-11-15-27(42-3)16-12-25)32(40)28(19-22-7-5-4-6-8-22)34-29(37)21-36-18-17-24(20-30(36)38)33-31(39)23-9-13-26(41-2)14-10-23/h4-18,20,28H,19,21H2,1-3H3,(H,33,39)(H,34,37)/t28-/m0/s1. The third kappa shape index (κ3) is 7.63. The van der Waals surface area contributed by atoms with Crippen molar-refractivity contribution in [2.75, 3.05) is 31.5 Å². The maximum Gasteiger partial charge on any atom is 0.255 e. The first-order valence-corrected chi connectivity index (χ1v) is 13.2. The van der Waals surface area contributed by atoms with Crippen molar-refractivity contribution >= 4 is 29.1 Å². The minimum absolute atomic E-state index is 0.261. The number of carbonyl (C=O) groups excluding carboxylic acids is 3. The van der Waals surface area contributed by atoms with E-state index in [9.17, 15) is 19.2 Å². The number of benzene rings is 3. The zero-order valence-corrected chi connectivity index (χ0v) is 23.6. The Morgan fingerprint density at radius 1 is 0.857 bits per heavy atom. The molecule has 0 aliphatic rings. The molecule has 0 aliphatic carbocycles. The molecule has 42 heavy (non-hydrogen) atoms. The van der Waals surface area contributed by atoms with E-state index in [-0.39, 0.29) is 24.6 Å². The molecule has 3 aromatic carbocycles. The highest BCUT2D eigenvalue weighted by molar-refractivity contribution is 6.04. The third-order valence-electron chi connectivity index (χ3n) is 6.63. The van der Waals surface area contributed by atoms with Crippen molar-refractivity contribution in [1.82, 2.24) is 9.88 Å². The van der Waals surface area contributed by atoms with Gasteiger partial charge in [0.1, 0.15) is 24.1 Å². The van der Waals surface area contributed by atoms with Crippen LogP contribution in [0.2, 0.25) is 0 Å². The topological polar surface area (TPSA) is 119 Å². The van der Waals surface area contributed by atoms with E-state index in [0.717, 1.165) is 5.56 Å². The minimum Gasteiger partial charge on any atom is -0.497 e. The van der Waals surface area contributed by atoms with Crippen molar-refractivity contribution in [3.63, 3.8) is 0 Å². The molecule has 0 saturated heterocycles. The Bertz CT molecular complexity index is 1580. The van der Waals surface area contributed by atoms with E-state index >= 15 is 0 Å². The van der Waals surface area contributed by atoms with Gasteiger partial charge in [-0.25, -0.2) is 0 Å². The van der Waals surface area contributed by atoms with Crippen LogP contribution in [0.15, 0.2) is 102 Å². The van der Waals surface area contributed by atoms with Gasteiger partial charge in [-0.1, -0.05) is 30.3 Å². The summed E-state index contributed by atoms with van der Waals surface area (Å²) in [5, 5.41) is 5.47. The van der Waals surface area contributed by atoms with Crippen LogP contribution in [-0.2, 0) is 22.6 Å². The average molecular weight is 569 g/mol. The summed E-state index contributed by atoms with van der Waals surface area (Å²) in [6, 6.07) is 24.8. The van der Waals surface area contributed by atoms with Crippen molar-refractivity contribution in [2.24, 2.45) is 0 Å². The molecular weight excluding hydrogens is 536 g/mol. The van der Waals surface area contributed by atoms with Crippen molar-refractivity contribution in [2.45, 2.75) is 19.0 Å². The normalized spacial score (nSPS) is 11.2. The Hall–Kier alpha value is -5.38. The predicted octanol–water partition coefficient (Wildman–Crippen LogP) is 3.51. The molecule has 4 aromatic rings. The molecular formula is C32H32N4O6. The van der Waals surface area contributed by atoms with Crippen LogP contribution in [0.3, 0.4) is 0 Å². The lowest BCUT2D eigenvalue weighted by molar-refractivity contribution is -0.127. The molecule has 4 rings (SSSR count). The zero-order valence-electron chi connectivity index (χ0n) is 23.6. The summed E-state index contributed by atoms with van der Waals surface area (Å²) in [6.07, 6.45) is 1.68. The second-order valence-corrected chi connectivity index (χ2v) is 9.47. The van der Waals surface area contributed by atoms with Crippen LogP contribution in [0.1, 0.15) is 15.9 Å². The highest BCUT2D eigenvalue weighted by atomic mass is 16.5. The number of rotatable bonds is 11. The lowest BCUT2D eigenvalue weighted by atomic mass is 10.0. The second-order valence-electron chi connectivity index (χ2n) is 9.47. The number of nitrogens with zero attached hydrogens (tertiary/aromatic N) is 2. The molecule has 0 fully saturated rings. The summed E-state index contributed by atoms with van der Waals surface area (Å²) in [5.74, 6) is 0.0552. The first-order chi connectivity index (χ1) is 20.3. The number of pyridine rings is 1. The molecule has 0 bridgehead atoms. The molecule has 1 aromatic heterocycles. The fourth-order valence-corrected chi connectivity index (χ4v) is 4.27. The fourth-order valence-electron chi connectivity index (χ4n) is 4.27. The Morgan fingerprint density at radius 2 is 1.48 bits per heavy atom. The van der Waals surface area contributed by atoms with Crippen LogP contribution in [-0.4, -0.2) is 49.6 Å². The van der Waals surface area contributed by atoms with E-state index in [4.69, 9.17) is 9.47 Å². The van der Waals surface area contributed by atoms with Gasteiger partial charge in [0.25, 0.3) is 11.5 Å². The highest BCUT2D eigenvalue weighted by Gasteiger charge is 2.25. The maximum absolute atomic E-state index is 13.5. The fraction of sp³-hybridized carbons (Fsp3) is 0.188. The summed E-state index contributed by atoms with van der Waals surface area (Å²) >= 11 is 0. The molecule has 10 nitrogen and oxygen atoms in total. The van der Waals surface area contributed by atoms with Crippen LogP contribution in [0.25, 0.3) is 0 Å². The number of ether oxygens (including phenoxy) is 2. The molecule has 0 saturated carbocycles. The summed E-state index contributed by atoms with van der Waals surface area (Å²) in [5.41, 5.74) is 1.70. The number of hydrogen-bond acceptors (Lipinski definition) is 6. The lowest BCUT2D eigenvalue weighted by Crippen LogP contribution is -2.50. The smallest absolute Gasteiger partial charge is 0.255 e. The molecule has 3 amide bonds. The van der Waals surface area contributed by atoms with Gasteiger partial charge in [0.05, 0.1) is 14.2 Å². The highest BCUT2D eigenvalue weighted by Crippen LogP contribution is 2.19. The van der Waals surface area contributed by atoms with Gasteiger partial charge in [-0.05, 0) is 60.2 Å². The molecule has 0 spiro atoms. The quantitative estimate of drug-likeness (QED) is 0.286. The first-order valence-electron chi connectivity index (χ1n) is 13.2. The van der Waals surface area contributed by atoms with E-state index in [1.54, 1.807) is 62.7 Å². The number of carbonyl (C=O) groups is 3. The van der Waals surface area contributed by atoms with Crippen LogP contribution >= 0.6 is 0 Å². The molecule has 1 atom stereocenters. The Balaban J connectivity index is 1.44. The van der Waals surface area contributed by atoms with Crippen molar-refractivity contribution < 1.29 is 23.9 Å². The van der Waals surface area contributed by atoms with Gasteiger partial charge in [0.2, 0.25) is 11.8 Å². The predicted molar refractivity (Wildman–Crippen MR) is 160 cm³/mol. The number of likely N-dealkylation sites (N-methyl/N-ethyl adjacent to an activating group) is 1. The number of anilines is 2. The molecule has 10 heteroatoms. The Kier molecular flexibility index (Phi) is 9.73. The van der Waals surface area contributed by atoms with Crippen LogP contribution < -0.4 is 30.6 Å². The van der Waals surface area contributed by atoms with Gasteiger partial charge in [-0.15, -0.1) is 0 Å². The lowest BCUT2D eigenvalue weighted by Gasteiger charge is -2.25. The SMILES string of the molecule is COc1ccc(C(=O)Nc2ccn(CC(=O)N[C@@H](Cc3ccccc3)C(=O)N(C)c3ccc(OC)cc3)c(=O)c2)cc1. The first kappa shape index (κ1) is 29.6. The number of amides is 3. The van der Waals surface area contributed by atoms with Gasteiger partial charge in [0.15, 0.2) is 0 Å². The maximum atomic E-state index is 13.5. The monoisotopic (exact) mass is 568 g/mol. The number of hydrogen-bond donors (Lipinski definition) is 2. The van der Waals surface area contributed by atoms with Crippen molar-refractivity contribution in [1.29, 1.82) is 0 Å². The van der Waals surface area contributed by atoms with Crippen LogP contribution in [0.4, 0.5) is 11.4 Å². The van der Waals surface area contributed by atoms with Gasteiger partial charge >= 0.3 is 0 Å². The number of nitrogens with one attached hydrogen (secondary N) is 2. The molecule has 2 N–H and O–H groups in total. The van der Waals surface area contributed by atoms with Gasteiger partial charge in [0, 0.05) is 42.7 Å². The molecule has 216 valence electrons. The largest absolute Gasteiger partial charge is 0.497 e. The van der Waals surface area contributed by atoms with E-state index in [2.05, 4.69) is 10.6 Å².